The van der Waals surface area contributed by atoms with Gasteiger partial charge in [-0.3, -0.25) is 0 Å². The first-order valence-corrected chi connectivity index (χ1v) is 7.16. The van der Waals surface area contributed by atoms with Crippen LogP contribution in [0.4, 0.5) is 0 Å². The largest absolute Gasteiger partial charge is 0.490 e. The molecule has 0 aliphatic heterocycles. The standard InChI is InChI=1S/C16H27NO2/c1-6-18-16-9-14(11-17-10-12(2)3)7-8-15(16)19-13(4)5/h7-9,12-13,17H,6,10-11H2,1-5H3. The summed E-state index contributed by atoms with van der Waals surface area (Å²) in [4.78, 5) is 0. The highest BCUT2D eigenvalue weighted by Crippen LogP contribution is 2.29. The minimum atomic E-state index is 0.157. The molecule has 0 spiro atoms. The fourth-order valence-corrected chi connectivity index (χ4v) is 1.79. The fraction of sp³-hybridized carbons (Fsp3) is 0.625. The van der Waals surface area contributed by atoms with Crippen molar-refractivity contribution in [2.24, 2.45) is 5.92 Å². The first kappa shape index (κ1) is 15.8. The van der Waals surface area contributed by atoms with Crippen molar-refractivity contribution in [1.29, 1.82) is 0 Å². The second-order valence-electron chi connectivity index (χ2n) is 5.41. The number of hydrogen-bond donors (Lipinski definition) is 1. The zero-order chi connectivity index (χ0) is 14.3. The van der Waals surface area contributed by atoms with E-state index in [1.165, 1.54) is 5.56 Å². The van der Waals surface area contributed by atoms with Crippen molar-refractivity contribution in [3.05, 3.63) is 23.8 Å². The first-order chi connectivity index (χ1) is 9.02. The molecule has 0 aliphatic carbocycles. The van der Waals surface area contributed by atoms with Crippen LogP contribution in [0.1, 0.15) is 40.2 Å². The second kappa shape index (κ2) is 8.05. The number of ether oxygens (including phenoxy) is 2. The minimum absolute atomic E-state index is 0.157. The van der Waals surface area contributed by atoms with Gasteiger partial charge in [-0.15, -0.1) is 0 Å². The highest BCUT2D eigenvalue weighted by atomic mass is 16.5. The van der Waals surface area contributed by atoms with E-state index in [9.17, 15) is 0 Å². The summed E-state index contributed by atoms with van der Waals surface area (Å²) < 4.78 is 11.4. The Bertz CT molecular complexity index is 375. The highest BCUT2D eigenvalue weighted by Gasteiger charge is 2.08. The fourth-order valence-electron chi connectivity index (χ4n) is 1.79. The van der Waals surface area contributed by atoms with Crippen molar-refractivity contribution in [2.45, 2.75) is 47.3 Å². The van der Waals surface area contributed by atoms with Gasteiger partial charge in [0.05, 0.1) is 12.7 Å². The van der Waals surface area contributed by atoms with E-state index in [1.807, 2.05) is 26.8 Å². The molecule has 1 rings (SSSR count). The lowest BCUT2D eigenvalue weighted by atomic mass is 10.1. The van der Waals surface area contributed by atoms with Crippen LogP contribution >= 0.6 is 0 Å². The van der Waals surface area contributed by atoms with Crippen LogP contribution in [0.25, 0.3) is 0 Å². The average molecular weight is 265 g/mol. The molecule has 0 bridgehead atoms. The van der Waals surface area contributed by atoms with Gasteiger partial charge in [0, 0.05) is 6.54 Å². The van der Waals surface area contributed by atoms with Crippen molar-refractivity contribution in [3.8, 4) is 11.5 Å². The molecular weight excluding hydrogens is 238 g/mol. The van der Waals surface area contributed by atoms with Gasteiger partial charge in [0.2, 0.25) is 0 Å². The molecule has 0 saturated carbocycles. The second-order valence-corrected chi connectivity index (χ2v) is 5.41. The zero-order valence-electron chi connectivity index (χ0n) is 12.8. The Morgan fingerprint density at radius 3 is 2.42 bits per heavy atom. The van der Waals surface area contributed by atoms with Gasteiger partial charge in [-0.25, -0.2) is 0 Å². The van der Waals surface area contributed by atoms with Crippen molar-refractivity contribution in [1.82, 2.24) is 5.32 Å². The third-order valence-electron chi connectivity index (χ3n) is 2.55. The molecule has 0 unspecified atom stereocenters. The highest BCUT2D eigenvalue weighted by molar-refractivity contribution is 5.43. The zero-order valence-corrected chi connectivity index (χ0v) is 12.8. The van der Waals surface area contributed by atoms with Crippen LogP contribution in [0, 0.1) is 5.92 Å². The number of benzene rings is 1. The lowest BCUT2D eigenvalue weighted by Gasteiger charge is -2.16. The quantitative estimate of drug-likeness (QED) is 0.778. The molecule has 0 radical (unpaired) electrons. The number of hydrogen-bond acceptors (Lipinski definition) is 3. The van der Waals surface area contributed by atoms with Crippen LogP contribution in [-0.2, 0) is 6.54 Å². The summed E-state index contributed by atoms with van der Waals surface area (Å²) in [6.07, 6.45) is 0.157. The van der Waals surface area contributed by atoms with Gasteiger partial charge in [0.25, 0.3) is 0 Å². The van der Waals surface area contributed by atoms with E-state index in [0.717, 1.165) is 24.6 Å². The molecule has 1 aromatic rings. The molecule has 0 amide bonds. The smallest absolute Gasteiger partial charge is 0.161 e. The van der Waals surface area contributed by atoms with Gasteiger partial charge in [0.1, 0.15) is 0 Å². The Kier molecular flexibility index (Phi) is 6.71. The Labute approximate surface area is 117 Å². The Morgan fingerprint density at radius 2 is 1.84 bits per heavy atom. The lowest BCUT2D eigenvalue weighted by molar-refractivity contribution is 0.223. The minimum Gasteiger partial charge on any atom is -0.490 e. The van der Waals surface area contributed by atoms with Gasteiger partial charge < -0.3 is 14.8 Å². The third kappa shape index (κ3) is 5.97. The van der Waals surface area contributed by atoms with Crippen molar-refractivity contribution in [3.63, 3.8) is 0 Å². The molecule has 0 atom stereocenters. The molecule has 0 aromatic heterocycles. The summed E-state index contributed by atoms with van der Waals surface area (Å²) in [5.74, 6) is 2.32. The van der Waals surface area contributed by atoms with Crippen LogP contribution in [-0.4, -0.2) is 19.3 Å². The van der Waals surface area contributed by atoms with Crippen LogP contribution in [0.3, 0.4) is 0 Å². The van der Waals surface area contributed by atoms with Gasteiger partial charge in [0.15, 0.2) is 11.5 Å². The third-order valence-corrected chi connectivity index (χ3v) is 2.55. The molecule has 1 aromatic carbocycles. The maximum Gasteiger partial charge on any atom is 0.161 e. The molecule has 19 heavy (non-hydrogen) atoms. The molecule has 1 N–H and O–H groups in total. The van der Waals surface area contributed by atoms with E-state index < -0.39 is 0 Å². The topological polar surface area (TPSA) is 30.5 Å². The predicted octanol–water partition coefficient (Wildman–Crippen LogP) is 3.62. The number of rotatable bonds is 8. The first-order valence-electron chi connectivity index (χ1n) is 7.16. The van der Waals surface area contributed by atoms with E-state index >= 15 is 0 Å². The molecular formula is C16H27NO2. The maximum atomic E-state index is 5.75. The summed E-state index contributed by atoms with van der Waals surface area (Å²) in [5, 5.41) is 3.43. The van der Waals surface area contributed by atoms with E-state index in [0.29, 0.717) is 12.5 Å². The monoisotopic (exact) mass is 265 g/mol. The summed E-state index contributed by atoms with van der Waals surface area (Å²) in [7, 11) is 0. The summed E-state index contributed by atoms with van der Waals surface area (Å²) in [6.45, 7) is 13.0. The van der Waals surface area contributed by atoms with Crippen LogP contribution in [0.2, 0.25) is 0 Å². The lowest BCUT2D eigenvalue weighted by Crippen LogP contribution is -2.19. The summed E-state index contributed by atoms with van der Waals surface area (Å²) in [6, 6.07) is 6.15. The normalized spacial score (nSPS) is 11.1. The van der Waals surface area contributed by atoms with Gasteiger partial charge in [-0.2, -0.15) is 0 Å². The summed E-state index contributed by atoms with van der Waals surface area (Å²) in [5.41, 5.74) is 1.22. The maximum absolute atomic E-state index is 5.75. The van der Waals surface area contributed by atoms with Crippen molar-refractivity contribution < 1.29 is 9.47 Å². The van der Waals surface area contributed by atoms with Gasteiger partial charge in [-0.1, -0.05) is 19.9 Å². The molecule has 3 nitrogen and oxygen atoms in total. The Hall–Kier alpha value is -1.22. The number of nitrogens with one attached hydrogen (secondary N) is 1. The van der Waals surface area contributed by atoms with E-state index in [-0.39, 0.29) is 6.10 Å². The van der Waals surface area contributed by atoms with Crippen LogP contribution in [0.15, 0.2) is 18.2 Å². The molecule has 3 heteroatoms. The predicted molar refractivity (Wildman–Crippen MR) is 79.9 cm³/mol. The van der Waals surface area contributed by atoms with Crippen LogP contribution in [0.5, 0.6) is 11.5 Å². The average Bonchev–Trinajstić information content (AvgIpc) is 2.31. The van der Waals surface area contributed by atoms with Crippen molar-refractivity contribution >= 4 is 0 Å². The van der Waals surface area contributed by atoms with E-state index in [4.69, 9.17) is 9.47 Å². The Morgan fingerprint density at radius 1 is 1.11 bits per heavy atom. The molecule has 0 aliphatic rings. The SMILES string of the molecule is CCOc1cc(CNCC(C)C)ccc1OC(C)C. The molecule has 0 heterocycles. The van der Waals surface area contributed by atoms with E-state index in [2.05, 4.69) is 31.3 Å². The summed E-state index contributed by atoms with van der Waals surface area (Å²) >= 11 is 0. The van der Waals surface area contributed by atoms with Gasteiger partial charge >= 0.3 is 0 Å². The molecule has 108 valence electrons. The molecule has 0 fully saturated rings. The van der Waals surface area contributed by atoms with Crippen molar-refractivity contribution in [2.75, 3.05) is 13.2 Å². The van der Waals surface area contributed by atoms with E-state index in [1.54, 1.807) is 0 Å². The molecule has 0 saturated heterocycles. The Balaban J connectivity index is 2.71. The van der Waals surface area contributed by atoms with Crippen LogP contribution < -0.4 is 14.8 Å². The van der Waals surface area contributed by atoms with Gasteiger partial charge in [-0.05, 0) is 50.9 Å².